The van der Waals surface area contributed by atoms with Crippen molar-refractivity contribution in [1.82, 2.24) is 14.8 Å². The first-order valence-electron chi connectivity index (χ1n) is 9.48. The molecule has 170 valence electrons. The monoisotopic (exact) mass is 480 g/mol. The van der Waals surface area contributed by atoms with Gasteiger partial charge in [0.25, 0.3) is 0 Å². The fraction of sp³-hybridized carbons (Fsp3) is 0.286. The summed E-state index contributed by atoms with van der Waals surface area (Å²) < 4.78 is 31.1. The van der Waals surface area contributed by atoms with E-state index in [9.17, 15) is 9.18 Å². The zero-order chi connectivity index (χ0) is 23.3. The number of benzene rings is 2. The molecule has 0 bridgehead atoms. The lowest BCUT2D eigenvalue weighted by Gasteiger charge is -2.14. The fourth-order valence-electron chi connectivity index (χ4n) is 2.85. The molecule has 0 aliphatic rings. The van der Waals surface area contributed by atoms with Gasteiger partial charge in [0.05, 0.1) is 30.7 Å². The van der Waals surface area contributed by atoms with Crippen molar-refractivity contribution < 1.29 is 23.4 Å². The summed E-state index contributed by atoms with van der Waals surface area (Å²) in [6.45, 7) is 1.81. The summed E-state index contributed by atoms with van der Waals surface area (Å²) in [5.41, 5.74) is 0.444. The van der Waals surface area contributed by atoms with Gasteiger partial charge in [-0.2, -0.15) is 0 Å². The normalized spacial score (nSPS) is 11.7. The van der Waals surface area contributed by atoms with Crippen molar-refractivity contribution in [3.8, 4) is 17.2 Å². The first-order valence-corrected chi connectivity index (χ1v) is 10.8. The van der Waals surface area contributed by atoms with Crippen LogP contribution in [0.1, 0.15) is 18.9 Å². The topological polar surface area (TPSA) is 87.5 Å². The van der Waals surface area contributed by atoms with Gasteiger partial charge in [0, 0.05) is 19.2 Å². The van der Waals surface area contributed by atoms with Crippen molar-refractivity contribution >= 4 is 35.0 Å². The highest BCUT2D eigenvalue weighted by Crippen LogP contribution is 2.36. The minimum absolute atomic E-state index is 0.0905. The second-order valence-electron chi connectivity index (χ2n) is 6.64. The Kier molecular flexibility index (Phi) is 7.81. The molecule has 1 unspecified atom stereocenters. The van der Waals surface area contributed by atoms with Crippen LogP contribution >= 0.6 is 23.4 Å². The lowest BCUT2D eigenvalue weighted by atomic mass is 10.2. The number of carbonyl (C=O) groups excluding carboxylic acids is 1. The van der Waals surface area contributed by atoms with Gasteiger partial charge in [-0.25, -0.2) is 4.39 Å². The minimum Gasteiger partial charge on any atom is -0.495 e. The third-order valence-corrected chi connectivity index (χ3v) is 5.75. The van der Waals surface area contributed by atoms with Gasteiger partial charge in [0.1, 0.15) is 23.1 Å². The van der Waals surface area contributed by atoms with E-state index in [0.717, 1.165) is 0 Å². The number of aromatic nitrogens is 3. The standard InChI is InChI=1S/C21H22ClFN4O4S/c1-12(31-14-7-5-13(23)6-8-14)20-25-26-21(27(20)2)32-11-19(28)24-16-10-17(29-3)15(22)9-18(16)30-4/h5-10,12H,11H2,1-4H3,(H,24,28). The summed E-state index contributed by atoms with van der Waals surface area (Å²) in [5, 5.41) is 12.0. The van der Waals surface area contributed by atoms with Crippen LogP contribution in [0, 0.1) is 5.82 Å². The highest BCUT2D eigenvalue weighted by atomic mass is 35.5. The quantitative estimate of drug-likeness (QED) is 0.451. The second kappa shape index (κ2) is 10.6. The second-order valence-corrected chi connectivity index (χ2v) is 7.99. The molecule has 0 aliphatic carbocycles. The van der Waals surface area contributed by atoms with E-state index in [0.29, 0.717) is 38.9 Å². The van der Waals surface area contributed by atoms with Crippen LogP contribution in [0.25, 0.3) is 0 Å². The van der Waals surface area contributed by atoms with Gasteiger partial charge in [-0.05, 0) is 31.2 Å². The predicted molar refractivity (Wildman–Crippen MR) is 120 cm³/mol. The van der Waals surface area contributed by atoms with Crippen LogP contribution in [-0.2, 0) is 11.8 Å². The Morgan fingerprint density at radius 3 is 2.53 bits per heavy atom. The van der Waals surface area contributed by atoms with Crippen LogP contribution in [0.3, 0.4) is 0 Å². The van der Waals surface area contributed by atoms with E-state index < -0.39 is 6.10 Å². The van der Waals surface area contributed by atoms with Gasteiger partial charge in [0.15, 0.2) is 17.1 Å². The van der Waals surface area contributed by atoms with Crippen LogP contribution in [0.15, 0.2) is 41.6 Å². The van der Waals surface area contributed by atoms with Gasteiger partial charge in [-0.15, -0.1) is 10.2 Å². The summed E-state index contributed by atoms with van der Waals surface area (Å²) in [4.78, 5) is 12.5. The molecule has 0 fully saturated rings. The van der Waals surface area contributed by atoms with E-state index in [1.807, 2.05) is 6.92 Å². The number of carbonyl (C=O) groups is 1. The smallest absolute Gasteiger partial charge is 0.234 e. The number of anilines is 1. The molecule has 11 heteroatoms. The Balaban J connectivity index is 1.62. The molecule has 0 spiro atoms. The Morgan fingerprint density at radius 2 is 1.88 bits per heavy atom. The van der Waals surface area contributed by atoms with E-state index in [2.05, 4.69) is 15.5 Å². The molecule has 1 amide bonds. The highest BCUT2D eigenvalue weighted by Gasteiger charge is 2.19. The van der Waals surface area contributed by atoms with Crippen LogP contribution in [0.2, 0.25) is 5.02 Å². The van der Waals surface area contributed by atoms with Gasteiger partial charge in [-0.1, -0.05) is 23.4 Å². The number of hydrogen-bond acceptors (Lipinski definition) is 7. The average molecular weight is 481 g/mol. The third-order valence-electron chi connectivity index (χ3n) is 4.44. The van der Waals surface area contributed by atoms with Crippen LogP contribution < -0.4 is 19.5 Å². The number of nitrogens with zero attached hydrogens (tertiary/aromatic N) is 3. The number of methoxy groups -OCH3 is 2. The Morgan fingerprint density at radius 1 is 1.19 bits per heavy atom. The van der Waals surface area contributed by atoms with E-state index >= 15 is 0 Å². The molecule has 1 N–H and O–H groups in total. The molecule has 3 aromatic rings. The molecule has 3 rings (SSSR count). The largest absolute Gasteiger partial charge is 0.495 e. The van der Waals surface area contributed by atoms with Gasteiger partial charge in [0.2, 0.25) is 5.91 Å². The molecule has 0 saturated carbocycles. The molecule has 1 heterocycles. The molecule has 0 saturated heterocycles. The maximum absolute atomic E-state index is 13.1. The van der Waals surface area contributed by atoms with Crippen LogP contribution in [0.5, 0.6) is 17.2 Å². The zero-order valence-electron chi connectivity index (χ0n) is 17.9. The third kappa shape index (κ3) is 5.63. The fourth-order valence-corrected chi connectivity index (χ4v) is 3.80. The van der Waals surface area contributed by atoms with Crippen molar-refractivity contribution in [2.45, 2.75) is 18.2 Å². The molecular weight excluding hydrogens is 459 g/mol. The van der Waals surface area contributed by atoms with E-state index in [1.165, 1.54) is 38.1 Å². The molecule has 2 aromatic carbocycles. The van der Waals surface area contributed by atoms with Gasteiger partial charge in [-0.3, -0.25) is 4.79 Å². The van der Waals surface area contributed by atoms with Crippen molar-refractivity contribution in [2.24, 2.45) is 7.05 Å². The first kappa shape index (κ1) is 23.7. The minimum atomic E-state index is -0.424. The zero-order valence-corrected chi connectivity index (χ0v) is 19.5. The van der Waals surface area contributed by atoms with Crippen molar-refractivity contribution in [2.75, 3.05) is 25.3 Å². The van der Waals surface area contributed by atoms with E-state index in [1.54, 1.807) is 35.9 Å². The number of ether oxygens (including phenoxy) is 3. The maximum Gasteiger partial charge on any atom is 0.234 e. The molecular formula is C21H22ClFN4O4S. The lowest BCUT2D eigenvalue weighted by Crippen LogP contribution is -2.15. The summed E-state index contributed by atoms with van der Waals surface area (Å²) in [5.74, 6) is 1.41. The number of halogens is 2. The summed E-state index contributed by atoms with van der Waals surface area (Å²) in [7, 11) is 4.76. The van der Waals surface area contributed by atoms with Crippen LogP contribution in [-0.4, -0.2) is 40.6 Å². The number of nitrogens with one attached hydrogen (secondary N) is 1. The van der Waals surface area contributed by atoms with Crippen molar-refractivity contribution in [3.05, 3.63) is 53.1 Å². The molecule has 1 atom stereocenters. The number of rotatable bonds is 9. The Labute approximate surface area is 194 Å². The average Bonchev–Trinajstić information content (AvgIpc) is 3.15. The molecule has 0 radical (unpaired) electrons. The molecule has 32 heavy (non-hydrogen) atoms. The predicted octanol–water partition coefficient (Wildman–Crippen LogP) is 4.50. The summed E-state index contributed by atoms with van der Waals surface area (Å²) >= 11 is 7.32. The SMILES string of the molecule is COc1cc(NC(=O)CSc2nnc(C(C)Oc3ccc(F)cc3)n2C)c(OC)cc1Cl. The van der Waals surface area contributed by atoms with Gasteiger partial charge < -0.3 is 24.1 Å². The van der Waals surface area contributed by atoms with Crippen LogP contribution in [0.4, 0.5) is 10.1 Å². The first-order chi connectivity index (χ1) is 15.3. The van der Waals surface area contributed by atoms with Crippen molar-refractivity contribution in [3.63, 3.8) is 0 Å². The number of thioether (sulfide) groups is 1. The summed E-state index contributed by atoms with van der Waals surface area (Å²) in [6, 6.07) is 8.90. The van der Waals surface area contributed by atoms with E-state index in [-0.39, 0.29) is 17.5 Å². The summed E-state index contributed by atoms with van der Waals surface area (Å²) in [6.07, 6.45) is -0.424. The van der Waals surface area contributed by atoms with E-state index in [4.69, 9.17) is 25.8 Å². The Hall–Kier alpha value is -2.98. The van der Waals surface area contributed by atoms with Gasteiger partial charge >= 0.3 is 0 Å². The number of hydrogen-bond donors (Lipinski definition) is 1. The van der Waals surface area contributed by atoms with Crippen molar-refractivity contribution in [1.29, 1.82) is 0 Å². The Bertz CT molecular complexity index is 1090. The number of amides is 1. The molecule has 8 nitrogen and oxygen atoms in total. The molecule has 1 aromatic heterocycles. The highest BCUT2D eigenvalue weighted by molar-refractivity contribution is 7.99. The maximum atomic E-state index is 13.1. The lowest BCUT2D eigenvalue weighted by molar-refractivity contribution is -0.113. The molecule has 0 aliphatic heterocycles.